The standard InChI is InChI=1S/C9H10INO3/c10-7-6-9(14-11(12)13)8-4-2-1-3-5-8/h1-5,9H,6-7H2. The minimum Gasteiger partial charge on any atom is -0.306 e. The summed E-state index contributed by atoms with van der Waals surface area (Å²) in [5.41, 5.74) is 0.848. The molecular formula is C9H10INO3. The van der Waals surface area contributed by atoms with Gasteiger partial charge in [0.05, 0.1) is 0 Å². The Labute approximate surface area is 95.5 Å². The summed E-state index contributed by atoms with van der Waals surface area (Å²) in [6.07, 6.45) is 0.203. The molecule has 0 N–H and O–H groups in total. The molecule has 0 radical (unpaired) electrons. The number of halogens is 1. The van der Waals surface area contributed by atoms with Gasteiger partial charge in [-0.05, 0) is 12.0 Å². The summed E-state index contributed by atoms with van der Waals surface area (Å²) in [4.78, 5) is 14.8. The van der Waals surface area contributed by atoms with Crippen LogP contribution < -0.4 is 0 Å². The van der Waals surface area contributed by atoms with Crippen LogP contribution in [0.2, 0.25) is 0 Å². The van der Waals surface area contributed by atoms with Gasteiger partial charge in [-0.2, -0.15) is 0 Å². The van der Waals surface area contributed by atoms with Gasteiger partial charge in [-0.1, -0.05) is 52.9 Å². The van der Waals surface area contributed by atoms with Gasteiger partial charge in [0.25, 0.3) is 5.09 Å². The Kier molecular flexibility index (Phi) is 4.64. The number of hydrogen-bond donors (Lipinski definition) is 0. The molecule has 0 spiro atoms. The molecular weight excluding hydrogens is 297 g/mol. The minimum atomic E-state index is -0.732. The summed E-state index contributed by atoms with van der Waals surface area (Å²) in [6, 6.07) is 9.23. The Hall–Kier alpha value is -0.850. The van der Waals surface area contributed by atoms with Crippen LogP contribution in [0.4, 0.5) is 0 Å². The van der Waals surface area contributed by atoms with Crippen molar-refractivity contribution >= 4 is 22.6 Å². The molecule has 1 unspecified atom stereocenters. The van der Waals surface area contributed by atoms with Crippen molar-refractivity contribution in [2.24, 2.45) is 0 Å². The second-order valence-corrected chi connectivity index (χ2v) is 3.78. The summed E-state index contributed by atoms with van der Waals surface area (Å²) in [7, 11) is 0. The summed E-state index contributed by atoms with van der Waals surface area (Å²) in [5.74, 6) is 0. The highest BCUT2D eigenvalue weighted by Gasteiger charge is 2.14. The maximum atomic E-state index is 10.2. The van der Waals surface area contributed by atoms with Crippen LogP contribution in [0.15, 0.2) is 30.3 Å². The van der Waals surface area contributed by atoms with Crippen LogP contribution in [-0.2, 0) is 4.84 Å². The molecule has 14 heavy (non-hydrogen) atoms. The van der Waals surface area contributed by atoms with E-state index >= 15 is 0 Å². The summed E-state index contributed by atoms with van der Waals surface area (Å²) in [5, 5.41) is 9.51. The number of hydrogen-bond acceptors (Lipinski definition) is 3. The molecule has 0 aliphatic heterocycles. The molecule has 0 aliphatic rings. The molecule has 0 saturated carbocycles. The molecule has 76 valence electrons. The highest BCUT2D eigenvalue weighted by atomic mass is 127. The van der Waals surface area contributed by atoms with Crippen LogP contribution in [0.1, 0.15) is 18.1 Å². The largest absolute Gasteiger partial charge is 0.306 e. The maximum absolute atomic E-state index is 10.2. The molecule has 5 heteroatoms. The average Bonchev–Trinajstić information content (AvgIpc) is 2.18. The van der Waals surface area contributed by atoms with Gasteiger partial charge >= 0.3 is 0 Å². The van der Waals surface area contributed by atoms with Crippen LogP contribution in [0, 0.1) is 10.1 Å². The first-order valence-electron chi connectivity index (χ1n) is 4.16. The molecule has 1 aromatic carbocycles. The summed E-state index contributed by atoms with van der Waals surface area (Å²) in [6.45, 7) is 0. The van der Waals surface area contributed by atoms with Crippen LogP contribution in [-0.4, -0.2) is 9.51 Å². The molecule has 0 bridgehead atoms. The van der Waals surface area contributed by atoms with Gasteiger partial charge in [-0.3, -0.25) is 0 Å². The van der Waals surface area contributed by atoms with E-state index in [4.69, 9.17) is 0 Å². The Balaban J connectivity index is 2.72. The number of alkyl halides is 1. The fraction of sp³-hybridized carbons (Fsp3) is 0.333. The molecule has 0 aliphatic carbocycles. The first-order valence-corrected chi connectivity index (χ1v) is 5.68. The van der Waals surface area contributed by atoms with E-state index in [-0.39, 0.29) is 0 Å². The molecule has 1 aromatic rings. The van der Waals surface area contributed by atoms with Gasteiger partial charge in [0.1, 0.15) is 6.10 Å². The minimum absolute atomic E-state index is 0.442. The Bertz CT molecular complexity index is 291. The molecule has 0 saturated heterocycles. The van der Waals surface area contributed by atoms with Crippen LogP contribution in [0.25, 0.3) is 0 Å². The third kappa shape index (κ3) is 3.49. The van der Waals surface area contributed by atoms with Crippen molar-refractivity contribution in [1.29, 1.82) is 0 Å². The lowest BCUT2D eigenvalue weighted by atomic mass is 10.1. The van der Waals surface area contributed by atoms with E-state index in [0.29, 0.717) is 6.42 Å². The Morgan fingerprint density at radius 3 is 2.57 bits per heavy atom. The van der Waals surface area contributed by atoms with E-state index in [2.05, 4.69) is 27.4 Å². The van der Waals surface area contributed by atoms with Crippen molar-refractivity contribution in [1.82, 2.24) is 0 Å². The second-order valence-electron chi connectivity index (χ2n) is 2.71. The number of rotatable bonds is 5. The third-order valence-corrected chi connectivity index (χ3v) is 2.38. The molecule has 0 heterocycles. The van der Waals surface area contributed by atoms with E-state index in [1.807, 2.05) is 30.3 Å². The fourth-order valence-electron chi connectivity index (χ4n) is 1.15. The van der Waals surface area contributed by atoms with Crippen molar-refractivity contribution in [3.05, 3.63) is 46.0 Å². The third-order valence-electron chi connectivity index (χ3n) is 1.76. The van der Waals surface area contributed by atoms with Crippen LogP contribution in [0.3, 0.4) is 0 Å². The van der Waals surface area contributed by atoms with Crippen LogP contribution >= 0.6 is 22.6 Å². The predicted octanol–water partition coefficient (Wildman–Crippen LogP) is 2.76. The van der Waals surface area contributed by atoms with E-state index in [1.54, 1.807) is 0 Å². The van der Waals surface area contributed by atoms with Gasteiger partial charge < -0.3 is 4.84 Å². The van der Waals surface area contributed by atoms with Gasteiger partial charge in [-0.15, -0.1) is 10.1 Å². The topological polar surface area (TPSA) is 52.4 Å². The number of benzene rings is 1. The first-order chi connectivity index (χ1) is 6.74. The normalized spacial score (nSPS) is 12.1. The van der Waals surface area contributed by atoms with E-state index in [0.717, 1.165) is 9.99 Å². The predicted molar refractivity (Wildman–Crippen MR) is 60.8 cm³/mol. The van der Waals surface area contributed by atoms with Crippen LogP contribution in [0.5, 0.6) is 0 Å². The van der Waals surface area contributed by atoms with Crippen molar-refractivity contribution in [2.45, 2.75) is 12.5 Å². The lowest BCUT2D eigenvalue weighted by molar-refractivity contribution is -0.771. The van der Waals surface area contributed by atoms with Crippen molar-refractivity contribution in [2.75, 3.05) is 4.43 Å². The molecule has 0 fully saturated rings. The van der Waals surface area contributed by atoms with E-state index < -0.39 is 11.2 Å². The molecule has 0 aromatic heterocycles. The van der Waals surface area contributed by atoms with Crippen molar-refractivity contribution in [3.63, 3.8) is 0 Å². The quantitative estimate of drug-likeness (QED) is 0.364. The smallest absolute Gasteiger partial charge is 0.295 e. The zero-order valence-electron chi connectivity index (χ0n) is 7.43. The maximum Gasteiger partial charge on any atom is 0.295 e. The summed E-state index contributed by atoms with van der Waals surface area (Å²) >= 11 is 2.17. The SMILES string of the molecule is O=[N+]([O-])OC(CCI)c1ccccc1. The Morgan fingerprint density at radius 1 is 1.43 bits per heavy atom. The van der Waals surface area contributed by atoms with E-state index in [9.17, 15) is 10.1 Å². The zero-order valence-corrected chi connectivity index (χ0v) is 9.59. The lowest BCUT2D eigenvalue weighted by Crippen LogP contribution is -2.09. The van der Waals surface area contributed by atoms with Gasteiger partial charge in [0.2, 0.25) is 0 Å². The lowest BCUT2D eigenvalue weighted by Gasteiger charge is -2.13. The zero-order chi connectivity index (χ0) is 10.4. The highest BCUT2D eigenvalue weighted by Crippen LogP contribution is 2.21. The van der Waals surface area contributed by atoms with Gasteiger partial charge in [0, 0.05) is 4.43 Å². The average molecular weight is 307 g/mol. The fourth-order valence-corrected chi connectivity index (χ4v) is 1.72. The molecule has 0 amide bonds. The first kappa shape index (κ1) is 11.2. The van der Waals surface area contributed by atoms with Gasteiger partial charge in [-0.25, -0.2) is 0 Å². The van der Waals surface area contributed by atoms with Crippen molar-refractivity contribution < 1.29 is 9.92 Å². The van der Waals surface area contributed by atoms with E-state index in [1.165, 1.54) is 0 Å². The second kappa shape index (κ2) is 5.79. The monoisotopic (exact) mass is 307 g/mol. The molecule has 1 rings (SSSR count). The molecule has 4 nitrogen and oxygen atoms in total. The highest BCUT2D eigenvalue weighted by molar-refractivity contribution is 14.1. The molecule has 1 atom stereocenters. The Morgan fingerprint density at radius 2 is 2.07 bits per heavy atom. The number of nitrogens with zero attached hydrogens (tertiary/aromatic N) is 1. The van der Waals surface area contributed by atoms with Crippen molar-refractivity contribution in [3.8, 4) is 0 Å². The van der Waals surface area contributed by atoms with Gasteiger partial charge in [0.15, 0.2) is 0 Å². The summed E-state index contributed by atoms with van der Waals surface area (Å²) < 4.78 is 0.825.